The van der Waals surface area contributed by atoms with Crippen molar-refractivity contribution in [1.29, 1.82) is 0 Å². The Labute approximate surface area is 147 Å². The Balaban J connectivity index is 0.00000288. The van der Waals surface area contributed by atoms with Gasteiger partial charge in [-0.25, -0.2) is 21.2 Å². The molecule has 0 unspecified atom stereocenters. The fraction of sp³-hybridized carbons (Fsp3) is 0.538. The predicted molar refractivity (Wildman–Crippen MR) is 92.7 cm³/mol. The van der Waals surface area contributed by atoms with Crippen LogP contribution in [0.2, 0.25) is 0 Å². The number of sulfonamides is 2. The lowest BCUT2D eigenvalue weighted by Crippen LogP contribution is -2.32. The second kappa shape index (κ2) is 7.52. The molecule has 0 bridgehead atoms. The molecule has 3 N–H and O–H groups in total. The highest BCUT2D eigenvalue weighted by Gasteiger charge is 2.31. The van der Waals surface area contributed by atoms with E-state index in [1.165, 1.54) is 24.2 Å². The van der Waals surface area contributed by atoms with Crippen molar-refractivity contribution in [1.82, 2.24) is 4.31 Å². The molecule has 0 aliphatic carbocycles. The standard InChI is InChI=1S/C13H20FN3O4S2.ClH/c1-9(2)22(18,19)16-13-4-3-11(7-12(13)14)23(20,21)17-6-5-10(15)8-17;/h3-4,7,9-10,16H,5-6,8,15H2,1-2H3;1H/t10-;/m1./s1. The molecule has 1 aliphatic heterocycles. The maximum Gasteiger partial charge on any atom is 0.243 e. The highest BCUT2D eigenvalue weighted by atomic mass is 35.5. The molecule has 1 saturated heterocycles. The monoisotopic (exact) mass is 401 g/mol. The molecular weight excluding hydrogens is 381 g/mol. The highest BCUT2D eigenvalue weighted by molar-refractivity contribution is 7.93. The maximum absolute atomic E-state index is 14.1. The van der Waals surface area contributed by atoms with E-state index in [9.17, 15) is 21.2 Å². The van der Waals surface area contributed by atoms with E-state index in [-0.39, 0.29) is 42.1 Å². The summed E-state index contributed by atoms with van der Waals surface area (Å²) in [7, 11) is -7.55. The minimum Gasteiger partial charge on any atom is -0.326 e. The summed E-state index contributed by atoms with van der Waals surface area (Å²) in [6.45, 7) is 3.38. The Kier molecular flexibility index (Phi) is 6.62. The first-order valence-electron chi connectivity index (χ1n) is 7.11. The van der Waals surface area contributed by atoms with Gasteiger partial charge in [0.2, 0.25) is 20.0 Å². The van der Waals surface area contributed by atoms with Gasteiger partial charge >= 0.3 is 0 Å². The van der Waals surface area contributed by atoms with Crippen LogP contribution in [0, 0.1) is 5.82 Å². The van der Waals surface area contributed by atoms with Crippen LogP contribution in [0.5, 0.6) is 0 Å². The van der Waals surface area contributed by atoms with Crippen molar-refractivity contribution < 1.29 is 21.2 Å². The lowest BCUT2D eigenvalue weighted by Gasteiger charge is -2.17. The molecule has 1 fully saturated rings. The van der Waals surface area contributed by atoms with Crippen LogP contribution in [0.15, 0.2) is 23.1 Å². The lowest BCUT2D eigenvalue weighted by atomic mass is 10.3. The largest absolute Gasteiger partial charge is 0.326 e. The van der Waals surface area contributed by atoms with Gasteiger partial charge in [-0.3, -0.25) is 4.72 Å². The average Bonchev–Trinajstić information content (AvgIpc) is 2.88. The van der Waals surface area contributed by atoms with Gasteiger partial charge in [0.05, 0.1) is 15.8 Å². The van der Waals surface area contributed by atoms with E-state index in [1.807, 2.05) is 0 Å². The molecule has 0 aromatic heterocycles. The van der Waals surface area contributed by atoms with Gasteiger partial charge in [-0.1, -0.05) is 0 Å². The van der Waals surface area contributed by atoms with Gasteiger partial charge in [0.15, 0.2) is 0 Å². The van der Waals surface area contributed by atoms with Crippen LogP contribution in [-0.4, -0.2) is 45.5 Å². The van der Waals surface area contributed by atoms with E-state index in [1.54, 1.807) is 0 Å². The number of nitrogens with two attached hydrogens (primary N) is 1. The lowest BCUT2D eigenvalue weighted by molar-refractivity contribution is 0.471. The molecule has 2 rings (SSSR count). The van der Waals surface area contributed by atoms with E-state index in [0.29, 0.717) is 6.42 Å². The van der Waals surface area contributed by atoms with Crippen LogP contribution in [0.25, 0.3) is 0 Å². The summed E-state index contributed by atoms with van der Waals surface area (Å²) in [5, 5.41) is -0.739. The summed E-state index contributed by atoms with van der Waals surface area (Å²) in [5.41, 5.74) is 5.41. The summed E-state index contributed by atoms with van der Waals surface area (Å²) in [5.74, 6) is -0.946. The molecule has 1 heterocycles. The Morgan fingerprint density at radius 2 is 1.92 bits per heavy atom. The van der Waals surface area contributed by atoms with Gasteiger partial charge in [0.1, 0.15) is 5.82 Å². The molecule has 0 saturated carbocycles. The van der Waals surface area contributed by atoms with Crippen molar-refractivity contribution in [2.45, 2.75) is 36.5 Å². The number of hydrogen-bond donors (Lipinski definition) is 2. The number of hydrogen-bond acceptors (Lipinski definition) is 5. The number of nitrogens with one attached hydrogen (secondary N) is 1. The smallest absolute Gasteiger partial charge is 0.243 e. The molecule has 1 atom stereocenters. The van der Waals surface area contributed by atoms with Crippen molar-refractivity contribution in [3.05, 3.63) is 24.0 Å². The Hall–Kier alpha value is -0.940. The van der Waals surface area contributed by atoms with Crippen molar-refractivity contribution in [3.63, 3.8) is 0 Å². The van der Waals surface area contributed by atoms with Crippen LogP contribution in [0.1, 0.15) is 20.3 Å². The first-order valence-corrected chi connectivity index (χ1v) is 10.1. The van der Waals surface area contributed by atoms with Crippen LogP contribution < -0.4 is 10.5 Å². The molecule has 7 nitrogen and oxygen atoms in total. The number of halogens is 2. The number of anilines is 1. The van der Waals surface area contributed by atoms with Gasteiger partial charge in [-0.2, -0.15) is 4.31 Å². The molecule has 1 aromatic carbocycles. The van der Waals surface area contributed by atoms with Crippen LogP contribution in [0.4, 0.5) is 10.1 Å². The fourth-order valence-corrected chi connectivity index (χ4v) is 4.36. The SMILES string of the molecule is CC(C)S(=O)(=O)Nc1ccc(S(=O)(=O)N2CC[C@@H](N)C2)cc1F.Cl. The van der Waals surface area contributed by atoms with Crippen LogP contribution in [0.3, 0.4) is 0 Å². The number of benzene rings is 1. The topological polar surface area (TPSA) is 110 Å². The minimum atomic E-state index is -3.83. The van der Waals surface area contributed by atoms with Gasteiger partial charge < -0.3 is 5.73 Å². The third-order valence-electron chi connectivity index (χ3n) is 3.64. The quantitative estimate of drug-likeness (QED) is 0.768. The maximum atomic E-state index is 14.1. The summed E-state index contributed by atoms with van der Waals surface area (Å²) < 4.78 is 65.7. The Bertz CT molecular complexity index is 799. The first kappa shape index (κ1) is 21.1. The second-order valence-corrected chi connectivity index (χ2v) is 9.92. The number of nitrogens with zero attached hydrogens (tertiary/aromatic N) is 1. The van der Waals surface area contributed by atoms with Crippen molar-refractivity contribution in [2.75, 3.05) is 17.8 Å². The fourth-order valence-electron chi connectivity index (χ4n) is 2.13. The zero-order valence-electron chi connectivity index (χ0n) is 13.3. The zero-order valence-corrected chi connectivity index (χ0v) is 15.7. The molecule has 1 aliphatic rings. The molecule has 0 spiro atoms. The summed E-state index contributed by atoms with van der Waals surface area (Å²) >= 11 is 0. The van der Waals surface area contributed by atoms with E-state index < -0.39 is 31.1 Å². The molecule has 0 radical (unpaired) electrons. The average molecular weight is 402 g/mol. The van der Waals surface area contributed by atoms with Crippen molar-refractivity contribution >= 4 is 38.1 Å². The van der Waals surface area contributed by atoms with Gasteiger partial charge in [-0.05, 0) is 38.5 Å². The number of rotatable bonds is 5. The third kappa shape index (κ3) is 4.37. The van der Waals surface area contributed by atoms with E-state index in [0.717, 1.165) is 12.1 Å². The molecular formula is C13H21ClFN3O4S2. The van der Waals surface area contributed by atoms with Gasteiger partial charge in [0, 0.05) is 19.1 Å². The second-order valence-electron chi connectivity index (χ2n) is 5.75. The van der Waals surface area contributed by atoms with E-state index in [4.69, 9.17) is 5.73 Å². The minimum absolute atomic E-state index is 0. The summed E-state index contributed by atoms with van der Waals surface area (Å²) in [4.78, 5) is -0.225. The summed E-state index contributed by atoms with van der Waals surface area (Å²) in [6, 6.07) is 2.88. The highest BCUT2D eigenvalue weighted by Crippen LogP contribution is 2.25. The van der Waals surface area contributed by atoms with Gasteiger partial charge in [0.25, 0.3) is 0 Å². The van der Waals surface area contributed by atoms with Crippen molar-refractivity contribution in [3.8, 4) is 0 Å². The molecule has 24 heavy (non-hydrogen) atoms. The molecule has 138 valence electrons. The molecule has 11 heteroatoms. The molecule has 1 aromatic rings. The summed E-state index contributed by atoms with van der Waals surface area (Å²) in [6.07, 6.45) is 0.550. The third-order valence-corrected chi connectivity index (χ3v) is 7.25. The first-order chi connectivity index (χ1) is 10.5. The zero-order chi connectivity index (χ0) is 17.4. The van der Waals surface area contributed by atoms with Crippen molar-refractivity contribution in [2.24, 2.45) is 5.73 Å². The van der Waals surface area contributed by atoms with Gasteiger partial charge in [-0.15, -0.1) is 12.4 Å². The van der Waals surface area contributed by atoms with E-state index >= 15 is 0 Å². The predicted octanol–water partition coefficient (Wildman–Crippen LogP) is 1.12. The molecule has 0 amide bonds. The Morgan fingerprint density at radius 1 is 1.29 bits per heavy atom. The van der Waals surface area contributed by atoms with E-state index in [2.05, 4.69) is 4.72 Å². The van der Waals surface area contributed by atoms with Crippen LogP contribution >= 0.6 is 12.4 Å². The normalized spacial score (nSPS) is 19.3. The van der Waals surface area contributed by atoms with Crippen LogP contribution in [-0.2, 0) is 20.0 Å². The Morgan fingerprint density at radius 3 is 2.38 bits per heavy atom.